The first-order valence-corrected chi connectivity index (χ1v) is 8.48. The molecule has 0 N–H and O–H groups in total. The van der Waals surface area contributed by atoms with E-state index in [1.165, 1.54) is 12.1 Å². The van der Waals surface area contributed by atoms with E-state index in [2.05, 4.69) is 26.9 Å². The highest BCUT2D eigenvalue weighted by molar-refractivity contribution is 9.10. The Labute approximate surface area is 149 Å². The zero-order valence-corrected chi connectivity index (χ0v) is 14.9. The van der Waals surface area contributed by atoms with Crippen molar-refractivity contribution in [3.63, 3.8) is 0 Å². The highest BCUT2D eigenvalue weighted by Gasteiger charge is 2.21. The minimum Gasteiger partial charge on any atom is -0.481 e. The Balaban J connectivity index is 1.67. The van der Waals surface area contributed by atoms with E-state index >= 15 is 0 Å². The highest BCUT2D eigenvalue weighted by atomic mass is 79.9. The third-order valence-corrected chi connectivity index (χ3v) is 4.56. The van der Waals surface area contributed by atoms with Crippen molar-refractivity contribution < 1.29 is 13.9 Å². The minimum atomic E-state index is -0.488. The Bertz CT molecular complexity index is 754. The fraction of sp³-hybridized carbons (Fsp3) is 0.278. The van der Waals surface area contributed by atoms with Gasteiger partial charge in [-0.3, -0.25) is 4.79 Å². The number of anilines is 1. The average molecular weight is 393 g/mol. The lowest BCUT2D eigenvalue weighted by molar-refractivity contribution is -0.133. The Morgan fingerprint density at radius 3 is 2.83 bits per heavy atom. The van der Waals surface area contributed by atoms with Crippen LogP contribution in [0.4, 0.5) is 10.1 Å². The number of para-hydroxylation sites is 1. The van der Waals surface area contributed by atoms with Crippen molar-refractivity contribution in [3.05, 3.63) is 58.3 Å². The van der Waals surface area contributed by atoms with Gasteiger partial charge in [0.15, 0.2) is 18.2 Å². The molecule has 1 heterocycles. The third-order valence-electron chi connectivity index (χ3n) is 4.07. The number of nitrogens with zero attached hydrogens (tertiary/aromatic N) is 2. The van der Waals surface area contributed by atoms with Gasteiger partial charge in [-0.15, -0.1) is 0 Å². The van der Waals surface area contributed by atoms with Crippen LogP contribution in [-0.4, -0.2) is 37.6 Å². The summed E-state index contributed by atoms with van der Waals surface area (Å²) in [6.45, 7) is 1.71. The molecule has 24 heavy (non-hydrogen) atoms. The maximum atomic E-state index is 13.8. The van der Waals surface area contributed by atoms with E-state index in [1.54, 1.807) is 11.0 Å². The molecule has 1 aliphatic heterocycles. The van der Waals surface area contributed by atoms with Crippen molar-refractivity contribution in [1.82, 2.24) is 4.90 Å². The first kappa shape index (κ1) is 16.8. The first-order valence-electron chi connectivity index (χ1n) is 7.69. The summed E-state index contributed by atoms with van der Waals surface area (Å²) in [6.07, 6.45) is 0. The van der Waals surface area contributed by atoms with E-state index in [0.29, 0.717) is 17.6 Å². The molecule has 0 radical (unpaired) electrons. The molecule has 3 rings (SSSR count). The summed E-state index contributed by atoms with van der Waals surface area (Å²) in [5.74, 6) is -0.556. The number of carbonyl (C=O) groups is 1. The van der Waals surface area contributed by atoms with E-state index in [-0.39, 0.29) is 18.3 Å². The van der Waals surface area contributed by atoms with E-state index in [4.69, 9.17) is 4.74 Å². The van der Waals surface area contributed by atoms with Gasteiger partial charge in [0.25, 0.3) is 5.91 Å². The molecular formula is C18H18BrFN2O2. The summed E-state index contributed by atoms with van der Waals surface area (Å²) in [6, 6.07) is 12.5. The van der Waals surface area contributed by atoms with Gasteiger partial charge in [0, 0.05) is 36.8 Å². The highest BCUT2D eigenvalue weighted by Crippen LogP contribution is 2.24. The second-order valence-electron chi connectivity index (χ2n) is 5.73. The Hall–Kier alpha value is -2.08. The number of rotatable bonds is 3. The molecule has 0 aromatic heterocycles. The molecule has 1 amide bonds. The van der Waals surface area contributed by atoms with Crippen LogP contribution in [0, 0.1) is 5.82 Å². The van der Waals surface area contributed by atoms with Crippen molar-refractivity contribution >= 4 is 27.5 Å². The predicted octanol–water partition coefficient (Wildman–Crippen LogP) is 3.45. The summed E-state index contributed by atoms with van der Waals surface area (Å²) >= 11 is 3.19. The quantitative estimate of drug-likeness (QED) is 0.801. The smallest absolute Gasteiger partial charge is 0.260 e. The van der Waals surface area contributed by atoms with Crippen molar-refractivity contribution in [1.29, 1.82) is 0 Å². The molecular weight excluding hydrogens is 375 g/mol. The van der Waals surface area contributed by atoms with E-state index < -0.39 is 5.82 Å². The second-order valence-corrected chi connectivity index (χ2v) is 6.64. The largest absolute Gasteiger partial charge is 0.481 e. The van der Waals surface area contributed by atoms with E-state index in [1.807, 2.05) is 25.2 Å². The lowest BCUT2D eigenvalue weighted by Gasteiger charge is -2.21. The van der Waals surface area contributed by atoms with Crippen LogP contribution in [0.1, 0.15) is 5.56 Å². The van der Waals surface area contributed by atoms with Gasteiger partial charge in [0.1, 0.15) is 0 Å². The molecule has 2 aromatic rings. The summed E-state index contributed by atoms with van der Waals surface area (Å²) in [7, 11) is 2.01. The first-order chi connectivity index (χ1) is 11.5. The number of benzene rings is 2. The van der Waals surface area contributed by atoms with Crippen LogP contribution >= 0.6 is 15.9 Å². The lowest BCUT2D eigenvalue weighted by atomic mass is 10.1. The number of carbonyl (C=O) groups excluding carboxylic acids is 1. The second kappa shape index (κ2) is 7.21. The fourth-order valence-electron chi connectivity index (χ4n) is 2.73. The number of likely N-dealkylation sites (N-methyl/N-ethyl adjacent to an activating group) is 1. The van der Waals surface area contributed by atoms with Crippen LogP contribution in [0.5, 0.6) is 5.75 Å². The van der Waals surface area contributed by atoms with Crippen LogP contribution in [0.2, 0.25) is 0 Å². The van der Waals surface area contributed by atoms with Gasteiger partial charge in [-0.05, 0) is 29.8 Å². The normalized spacial score (nSPS) is 14.1. The molecule has 1 aliphatic rings. The molecule has 0 atom stereocenters. The Kier molecular flexibility index (Phi) is 5.04. The standard InChI is InChI=1S/C18H18BrFN2O2/c1-21-8-9-22(11-13-4-2-3-5-16(13)21)18(23)12-24-17-7-6-14(19)10-15(17)20/h2-7,10H,8-9,11-12H2,1H3. The van der Waals surface area contributed by atoms with Gasteiger partial charge >= 0.3 is 0 Å². The third kappa shape index (κ3) is 3.70. The van der Waals surface area contributed by atoms with Crippen molar-refractivity contribution in [2.75, 3.05) is 31.6 Å². The molecule has 0 spiro atoms. The average Bonchev–Trinajstić information content (AvgIpc) is 2.73. The molecule has 0 bridgehead atoms. The zero-order chi connectivity index (χ0) is 17.1. The monoisotopic (exact) mass is 392 g/mol. The summed E-state index contributed by atoms with van der Waals surface area (Å²) in [5, 5.41) is 0. The van der Waals surface area contributed by atoms with Gasteiger partial charge in [-0.1, -0.05) is 34.1 Å². The number of halogens is 2. The van der Waals surface area contributed by atoms with Crippen LogP contribution in [0.15, 0.2) is 46.9 Å². The predicted molar refractivity (Wildman–Crippen MR) is 94.7 cm³/mol. The van der Waals surface area contributed by atoms with Crippen molar-refractivity contribution in [2.24, 2.45) is 0 Å². The molecule has 0 aliphatic carbocycles. The number of ether oxygens (including phenoxy) is 1. The van der Waals surface area contributed by atoms with Gasteiger partial charge in [0.2, 0.25) is 0 Å². The fourth-order valence-corrected chi connectivity index (χ4v) is 3.06. The SMILES string of the molecule is CN1CCN(C(=O)COc2ccc(Br)cc2F)Cc2ccccc21. The topological polar surface area (TPSA) is 32.8 Å². The number of hydrogen-bond donors (Lipinski definition) is 0. The molecule has 126 valence electrons. The number of hydrogen-bond acceptors (Lipinski definition) is 3. The molecule has 0 unspecified atom stereocenters. The van der Waals surface area contributed by atoms with Crippen LogP contribution < -0.4 is 9.64 Å². The Morgan fingerprint density at radius 2 is 2.04 bits per heavy atom. The number of fused-ring (bicyclic) bond motifs is 1. The van der Waals surface area contributed by atoms with Gasteiger partial charge in [0.05, 0.1) is 0 Å². The van der Waals surface area contributed by atoms with Crippen molar-refractivity contribution in [2.45, 2.75) is 6.54 Å². The van der Waals surface area contributed by atoms with Crippen molar-refractivity contribution in [3.8, 4) is 5.75 Å². The van der Waals surface area contributed by atoms with Gasteiger partial charge in [-0.25, -0.2) is 4.39 Å². The van der Waals surface area contributed by atoms with Crippen LogP contribution in [0.25, 0.3) is 0 Å². The Morgan fingerprint density at radius 1 is 1.25 bits per heavy atom. The van der Waals surface area contributed by atoms with E-state index in [9.17, 15) is 9.18 Å². The van der Waals surface area contributed by atoms with Crippen LogP contribution in [-0.2, 0) is 11.3 Å². The summed E-state index contributed by atoms with van der Waals surface area (Å²) < 4.78 is 19.8. The molecule has 4 nitrogen and oxygen atoms in total. The molecule has 2 aromatic carbocycles. The molecule has 6 heteroatoms. The lowest BCUT2D eigenvalue weighted by Crippen LogP contribution is -2.37. The molecule has 0 saturated heterocycles. The number of amides is 1. The maximum absolute atomic E-state index is 13.8. The summed E-state index contributed by atoms with van der Waals surface area (Å²) in [4.78, 5) is 16.4. The van der Waals surface area contributed by atoms with Gasteiger partial charge < -0.3 is 14.5 Å². The molecule has 0 saturated carbocycles. The van der Waals surface area contributed by atoms with E-state index in [0.717, 1.165) is 17.8 Å². The van der Waals surface area contributed by atoms with Crippen LogP contribution in [0.3, 0.4) is 0 Å². The van der Waals surface area contributed by atoms with Gasteiger partial charge in [-0.2, -0.15) is 0 Å². The summed E-state index contributed by atoms with van der Waals surface area (Å²) in [5.41, 5.74) is 2.23. The zero-order valence-electron chi connectivity index (χ0n) is 13.3. The minimum absolute atomic E-state index is 0.0823. The molecule has 0 fully saturated rings. The maximum Gasteiger partial charge on any atom is 0.260 e.